The van der Waals surface area contributed by atoms with Crippen molar-refractivity contribution in [2.24, 2.45) is 11.7 Å². The highest BCUT2D eigenvalue weighted by Crippen LogP contribution is 2.27. The van der Waals surface area contributed by atoms with E-state index >= 15 is 0 Å². The Hall–Kier alpha value is -1.42. The Morgan fingerprint density at radius 2 is 2.05 bits per heavy atom. The third kappa shape index (κ3) is 3.32. The zero-order chi connectivity index (χ0) is 13.8. The molecule has 19 heavy (non-hydrogen) atoms. The summed E-state index contributed by atoms with van der Waals surface area (Å²) in [7, 11) is 1.89. The lowest BCUT2D eigenvalue weighted by Crippen LogP contribution is -2.39. The molecule has 2 rings (SSSR count). The second-order valence-electron chi connectivity index (χ2n) is 5.59. The topological polar surface area (TPSA) is 59.2 Å². The van der Waals surface area contributed by atoms with Crippen LogP contribution in [0.3, 0.4) is 0 Å². The van der Waals surface area contributed by atoms with Gasteiger partial charge in [-0.3, -0.25) is 9.78 Å². The summed E-state index contributed by atoms with van der Waals surface area (Å²) in [5.41, 5.74) is 6.99. The van der Waals surface area contributed by atoms with Crippen molar-refractivity contribution in [2.75, 3.05) is 7.05 Å². The number of hydrogen-bond acceptors (Lipinski definition) is 3. The summed E-state index contributed by atoms with van der Waals surface area (Å²) >= 11 is 0. The second kappa shape index (κ2) is 6.15. The van der Waals surface area contributed by atoms with E-state index in [2.05, 4.69) is 11.9 Å². The molecule has 1 heterocycles. The molecule has 4 heteroatoms. The van der Waals surface area contributed by atoms with Crippen molar-refractivity contribution in [3.05, 3.63) is 29.6 Å². The number of carbonyl (C=O) groups is 1. The zero-order valence-corrected chi connectivity index (χ0v) is 11.8. The van der Waals surface area contributed by atoms with E-state index in [1.807, 2.05) is 18.0 Å². The van der Waals surface area contributed by atoms with E-state index in [0.29, 0.717) is 18.3 Å². The predicted octanol–water partition coefficient (Wildman–Crippen LogP) is 2.19. The van der Waals surface area contributed by atoms with Crippen molar-refractivity contribution < 1.29 is 4.79 Å². The summed E-state index contributed by atoms with van der Waals surface area (Å²) < 4.78 is 0. The van der Waals surface area contributed by atoms with Gasteiger partial charge in [0.15, 0.2) is 0 Å². The molecular formula is C15H23N3O. The molecule has 0 saturated heterocycles. The van der Waals surface area contributed by atoms with Gasteiger partial charge in [-0.1, -0.05) is 13.0 Å². The van der Waals surface area contributed by atoms with Crippen LogP contribution in [-0.4, -0.2) is 28.9 Å². The number of pyridine rings is 1. The maximum Gasteiger partial charge on any atom is 0.272 e. The third-order valence-corrected chi connectivity index (χ3v) is 4.13. The number of rotatable bonds is 3. The van der Waals surface area contributed by atoms with Crippen molar-refractivity contribution >= 4 is 5.91 Å². The van der Waals surface area contributed by atoms with Gasteiger partial charge < -0.3 is 10.6 Å². The molecule has 0 aromatic carbocycles. The first-order valence-corrected chi connectivity index (χ1v) is 7.04. The fraction of sp³-hybridized carbons (Fsp3) is 0.600. The molecule has 1 aliphatic rings. The standard InChI is InChI=1S/C15H23N3O/c1-11-3-6-13(7-4-11)18(2)15(19)14-8-5-12(9-16)10-17-14/h5,8,10-11,13H,3-4,6-7,9,16H2,1-2H3. The molecular weight excluding hydrogens is 238 g/mol. The molecule has 2 N–H and O–H groups in total. The smallest absolute Gasteiger partial charge is 0.272 e. The average Bonchev–Trinajstić information content (AvgIpc) is 2.46. The molecule has 0 spiro atoms. The molecule has 1 amide bonds. The maximum absolute atomic E-state index is 12.4. The largest absolute Gasteiger partial charge is 0.337 e. The molecule has 1 aliphatic carbocycles. The lowest BCUT2D eigenvalue weighted by molar-refractivity contribution is 0.0673. The number of nitrogens with two attached hydrogens (primary N) is 1. The van der Waals surface area contributed by atoms with Crippen LogP contribution < -0.4 is 5.73 Å². The van der Waals surface area contributed by atoms with Gasteiger partial charge in [0.05, 0.1) is 0 Å². The molecule has 1 fully saturated rings. The molecule has 1 saturated carbocycles. The summed E-state index contributed by atoms with van der Waals surface area (Å²) in [5.74, 6) is 0.810. The summed E-state index contributed by atoms with van der Waals surface area (Å²) in [6, 6.07) is 4.00. The van der Waals surface area contributed by atoms with E-state index < -0.39 is 0 Å². The number of amides is 1. The maximum atomic E-state index is 12.4. The van der Waals surface area contributed by atoms with Crippen LogP contribution in [0.2, 0.25) is 0 Å². The number of aromatic nitrogens is 1. The summed E-state index contributed by atoms with van der Waals surface area (Å²) in [6.07, 6.45) is 6.31. The molecule has 104 valence electrons. The van der Waals surface area contributed by atoms with E-state index in [1.54, 1.807) is 12.3 Å². The Balaban J connectivity index is 2.01. The molecule has 1 aromatic rings. The highest BCUT2D eigenvalue weighted by molar-refractivity contribution is 5.92. The fourth-order valence-electron chi connectivity index (χ4n) is 2.65. The van der Waals surface area contributed by atoms with E-state index in [1.165, 1.54) is 12.8 Å². The van der Waals surface area contributed by atoms with Crippen molar-refractivity contribution in [3.63, 3.8) is 0 Å². The fourth-order valence-corrected chi connectivity index (χ4v) is 2.65. The second-order valence-corrected chi connectivity index (χ2v) is 5.59. The molecule has 0 bridgehead atoms. The molecule has 0 atom stereocenters. The summed E-state index contributed by atoms with van der Waals surface area (Å²) in [6.45, 7) is 2.74. The third-order valence-electron chi connectivity index (χ3n) is 4.13. The van der Waals surface area contributed by atoms with E-state index in [0.717, 1.165) is 24.3 Å². The van der Waals surface area contributed by atoms with Gasteiger partial charge in [-0.15, -0.1) is 0 Å². The van der Waals surface area contributed by atoms with Crippen LogP contribution in [0.5, 0.6) is 0 Å². The number of carbonyl (C=O) groups excluding carboxylic acids is 1. The Bertz CT molecular complexity index is 422. The van der Waals surface area contributed by atoms with Crippen LogP contribution in [0.1, 0.15) is 48.7 Å². The van der Waals surface area contributed by atoms with Gasteiger partial charge >= 0.3 is 0 Å². The van der Waals surface area contributed by atoms with E-state index in [9.17, 15) is 4.79 Å². The van der Waals surface area contributed by atoms with E-state index in [4.69, 9.17) is 5.73 Å². The lowest BCUT2D eigenvalue weighted by Gasteiger charge is -2.33. The van der Waals surface area contributed by atoms with Crippen LogP contribution in [0.4, 0.5) is 0 Å². The van der Waals surface area contributed by atoms with Gasteiger partial charge in [0, 0.05) is 25.8 Å². The lowest BCUT2D eigenvalue weighted by atomic mass is 9.86. The minimum Gasteiger partial charge on any atom is -0.337 e. The van der Waals surface area contributed by atoms with Crippen molar-refractivity contribution in [1.29, 1.82) is 0 Å². The van der Waals surface area contributed by atoms with Crippen molar-refractivity contribution in [1.82, 2.24) is 9.88 Å². The zero-order valence-electron chi connectivity index (χ0n) is 11.8. The first-order valence-electron chi connectivity index (χ1n) is 7.04. The van der Waals surface area contributed by atoms with Crippen LogP contribution in [0, 0.1) is 5.92 Å². The molecule has 1 aromatic heterocycles. The Labute approximate surface area is 115 Å². The number of nitrogens with zero attached hydrogens (tertiary/aromatic N) is 2. The summed E-state index contributed by atoms with van der Waals surface area (Å²) in [5, 5.41) is 0. The van der Waals surface area contributed by atoms with Crippen LogP contribution >= 0.6 is 0 Å². The predicted molar refractivity (Wildman–Crippen MR) is 75.6 cm³/mol. The van der Waals surface area contributed by atoms with Crippen LogP contribution in [0.25, 0.3) is 0 Å². The number of hydrogen-bond donors (Lipinski definition) is 1. The monoisotopic (exact) mass is 261 g/mol. The minimum atomic E-state index is 0.0168. The van der Waals surface area contributed by atoms with Gasteiger partial charge in [-0.05, 0) is 43.2 Å². The first kappa shape index (κ1) is 14.0. The van der Waals surface area contributed by atoms with Gasteiger partial charge in [0.1, 0.15) is 5.69 Å². The molecule has 4 nitrogen and oxygen atoms in total. The summed E-state index contributed by atoms with van der Waals surface area (Å²) in [4.78, 5) is 18.4. The highest BCUT2D eigenvalue weighted by atomic mass is 16.2. The van der Waals surface area contributed by atoms with Gasteiger partial charge in [-0.25, -0.2) is 0 Å². The highest BCUT2D eigenvalue weighted by Gasteiger charge is 2.25. The Morgan fingerprint density at radius 1 is 1.37 bits per heavy atom. The van der Waals surface area contributed by atoms with Crippen molar-refractivity contribution in [2.45, 2.75) is 45.2 Å². The Kier molecular flexibility index (Phi) is 4.53. The average molecular weight is 261 g/mol. The first-order chi connectivity index (χ1) is 9.11. The molecule has 0 aliphatic heterocycles. The molecule has 0 unspecified atom stereocenters. The van der Waals surface area contributed by atoms with Crippen LogP contribution in [-0.2, 0) is 6.54 Å². The normalized spacial score (nSPS) is 23.1. The van der Waals surface area contributed by atoms with Gasteiger partial charge in [0.2, 0.25) is 0 Å². The van der Waals surface area contributed by atoms with Crippen LogP contribution in [0.15, 0.2) is 18.3 Å². The van der Waals surface area contributed by atoms with E-state index in [-0.39, 0.29) is 5.91 Å². The quantitative estimate of drug-likeness (QED) is 0.907. The molecule has 0 radical (unpaired) electrons. The van der Waals surface area contributed by atoms with Crippen molar-refractivity contribution in [3.8, 4) is 0 Å². The Morgan fingerprint density at radius 3 is 2.58 bits per heavy atom. The SMILES string of the molecule is CC1CCC(N(C)C(=O)c2ccc(CN)cn2)CC1. The van der Waals surface area contributed by atoms with Gasteiger partial charge in [0.25, 0.3) is 5.91 Å². The van der Waals surface area contributed by atoms with Gasteiger partial charge in [-0.2, -0.15) is 0 Å². The minimum absolute atomic E-state index is 0.0168.